The van der Waals surface area contributed by atoms with E-state index < -0.39 is 30.5 Å². The summed E-state index contributed by atoms with van der Waals surface area (Å²) in [5.74, 6) is 0. The van der Waals surface area contributed by atoms with Crippen LogP contribution in [0.1, 0.15) is 6.92 Å². The molecule has 0 bridgehead atoms. The third kappa shape index (κ3) is 2.30. The van der Waals surface area contributed by atoms with E-state index in [1.54, 1.807) is 0 Å². The van der Waals surface area contributed by atoms with Gasteiger partial charge in [0.2, 0.25) is 0 Å². The lowest BCUT2D eigenvalue weighted by Crippen LogP contribution is -2.57. The zero-order valence-corrected chi connectivity index (χ0v) is 10.8. The van der Waals surface area contributed by atoms with E-state index in [2.05, 4.69) is 4.99 Å². The smallest absolute Gasteiger partial charge is 0.161 e. The molecule has 0 spiro atoms. The molecular weight excluding hydrogens is 244 g/mol. The first-order valence-corrected chi connectivity index (χ1v) is 6.41. The fourth-order valence-corrected chi connectivity index (χ4v) is 3.14. The van der Waals surface area contributed by atoms with Crippen molar-refractivity contribution in [2.24, 2.45) is 4.99 Å². The van der Waals surface area contributed by atoms with Crippen LogP contribution in [0.5, 0.6) is 0 Å². The number of ether oxygens (including phenoxy) is 1. The summed E-state index contributed by atoms with van der Waals surface area (Å²) in [6, 6.07) is -0.470. The molecule has 7 heteroatoms. The number of amidine groups is 1. The monoisotopic (exact) mass is 262 g/mol. The van der Waals surface area contributed by atoms with Crippen LogP contribution < -0.4 is 0 Å². The Bertz CT molecular complexity index is 323. The molecular formula is C10H18N2O4S. The molecule has 2 rings (SSSR count). The first-order chi connectivity index (χ1) is 7.91. The van der Waals surface area contributed by atoms with Crippen LogP contribution in [0, 0.1) is 0 Å². The van der Waals surface area contributed by atoms with Gasteiger partial charge in [-0.05, 0) is 6.92 Å². The van der Waals surface area contributed by atoms with Crippen molar-refractivity contribution in [3.05, 3.63) is 0 Å². The SMILES string of the molecule is C[C@@H](O)C1O[C@@H]2SC(N(C)C)=N[C@@H]2[C@@H](O)[C@@H]1O. The van der Waals surface area contributed by atoms with Crippen molar-refractivity contribution in [3.8, 4) is 0 Å². The maximum Gasteiger partial charge on any atom is 0.161 e. The van der Waals surface area contributed by atoms with Crippen LogP contribution >= 0.6 is 11.8 Å². The molecule has 1 saturated heterocycles. The molecule has 0 saturated carbocycles. The average molecular weight is 262 g/mol. The molecule has 1 unspecified atom stereocenters. The quantitative estimate of drug-likeness (QED) is 0.553. The second-order valence-electron chi connectivity index (χ2n) is 4.61. The first-order valence-electron chi connectivity index (χ1n) is 5.53. The molecule has 6 nitrogen and oxygen atoms in total. The van der Waals surface area contributed by atoms with Crippen molar-refractivity contribution in [3.63, 3.8) is 0 Å². The number of aliphatic hydroxyl groups excluding tert-OH is 3. The van der Waals surface area contributed by atoms with Gasteiger partial charge in [-0.1, -0.05) is 11.8 Å². The number of nitrogens with zero attached hydrogens (tertiary/aromatic N) is 2. The number of fused-ring (bicyclic) bond motifs is 1. The van der Waals surface area contributed by atoms with E-state index in [-0.39, 0.29) is 5.44 Å². The van der Waals surface area contributed by atoms with Gasteiger partial charge in [-0.15, -0.1) is 0 Å². The molecule has 0 aliphatic carbocycles. The van der Waals surface area contributed by atoms with Gasteiger partial charge in [-0.25, -0.2) is 0 Å². The van der Waals surface area contributed by atoms with E-state index in [1.165, 1.54) is 18.7 Å². The van der Waals surface area contributed by atoms with Crippen molar-refractivity contribution in [2.75, 3.05) is 14.1 Å². The normalized spacial score (nSPS) is 42.9. The van der Waals surface area contributed by atoms with Crippen molar-refractivity contribution >= 4 is 16.9 Å². The topological polar surface area (TPSA) is 85.5 Å². The highest BCUT2D eigenvalue weighted by Gasteiger charge is 2.49. The predicted molar refractivity (Wildman–Crippen MR) is 64.9 cm³/mol. The second kappa shape index (κ2) is 4.74. The van der Waals surface area contributed by atoms with Crippen molar-refractivity contribution in [2.45, 2.75) is 42.8 Å². The Labute approximate surface area is 104 Å². The standard InChI is InChI=1S/C10H18N2O4S/c1-4(13)8-7(15)6(14)5-9(16-8)17-10(11-5)12(2)3/h4-9,13-15H,1-3H3/t4-,5-,6-,7+,8?,9-/m1/s1. The Hall–Kier alpha value is -0.340. The Morgan fingerprint density at radius 1 is 1.35 bits per heavy atom. The Balaban J connectivity index is 2.15. The fraction of sp³-hybridized carbons (Fsp3) is 0.900. The van der Waals surface area contributed by atoms with Crippen molar-refractivity contribution < 1.29 is 20.1 Å². The molecule has 0 aromatic carbocycles. The van der Waals surface area contributed by atoms with Crippen LogP contribution in [-0.2, 0) is 4.74 Å². The molecule has 6 atom stereocenters. The molecule has 0 amide bonds. The number of rotatable bonds is 1. The summed E-state index contributed by atoms with van der Waals surface area (Å²) in [5.41, 5.74) is -0.342. The lowest BCUT2D eigenvalue weighted by atomic mass is 9.95. The largest absolute Gasteiger partial charge is 0.391 e. The first kappa shape index (κ1) is 13.1. The van der Waals surface area contributed by atoms with Gasteiger partial charge in [-0.2, -0.15) is 0 Å². The number of aliphatic imine (C=N–C) groups is 1. The van der Waals surface area contributed by atoms with Crippen LogP contribution in [0.4, 0.5) is 0 Å². The summed E-state index contributed by atoms with van der Waals surface area (Å²) in [6.07, 6.45) is -3.71. The van der Waals surface area contributed by atoms with Crippen LogP contribution in [0.3, 0.4) is 0 Å². The van der Waals surface area contributed by atoms with E-state index in [0.29, 0.717) is 0 Å². The third-order valence-electron chi connectivity index (χ3n) is 2.95. The van der Waals surface area contributed by atoms with Gasteiger partial charge >= 0.3 is 0 Å². The molecule has 17 heavy (non-hydrogen) atoms. The molecule has 98 valence electrons. The van der Waals surface area contributed by atoms with Gasteiger partial charge in [0, 0.05) is 14.1 Å². The molecule has 2 aliphatic rings. The molecule has 2 heterocycles. The van der Waals surface area contributed by atoms with E-state index in [1.807, 2.05) is 19.0 Å². The maximum absolute atomic E-state index is 9.99. The van der Waals surface area contributed by atoms with E-state index in [4.69, 9.17) is 4.74 Å². The number of hydrogen-bond acceptors (Lipinski definition) is 7. The highest BCUT2D eigenvalue weighted by molar-refractivity contribution is 8.14. The molecule has 1 fully saturated rings. The number of aliphatic hydroxyl groups is 3. The van der Waals surface area contributed by atoms with Gasteiger partial charge in [0.05, 0.1) is 6.10 Å². The lowest BCUT2D eigenvalue weighted by Gasteiger charge is -2.39. The van der Waals surface area contributed by atoms with E-state index in [9.17, 15) is 15.3 Å². The minimum absolute atomic E-state index is 0.342. The summed E-state index contributed by atoms with van der Waals surface area (Å²) >= 11 is 1.40. The second-order valence-corrected chi connectivity index (χ2v) is 5.67. The van der Waals surface area contributed by atoms with E-state index >= 15 is 0 Å². The maximum atomic E-state index is 9.99. The summed E-state index contributed by atoms with van der Waals surface area (Å²) in [4.78, 5) is 6.16. The molecule has 0 aromatic rings. The fourth-order valence-electron chi connectivity index (χ4n) is 1.99. The third-order valence-corrected chi connectivity index (χ3v) is 4.25. The zero-order valence-electron chi connectivity index (χ0n) is 10.0. The van der Waals surface area contributed by atoms with Gasteiger partial charge in [0.1, 0.15) is 29.8 Å². The predicted octanol–water partition coefficient (Wildman–Crippen LogP) is -1.15. The average Bonchev–Trinajstić information content (AvgIpc) is 2.67. The molecule has 2 aliphatic heterocycles. The van der Waals surface area contributed by atoms with Crippen LogP contribution in [0.2, 0.25) is 0 Å². The van der Waals surface area contributed by atoms with Crippen molar-refractivity contribution in [1.82, 2.24) is 4.90 Å². The zero-order chi connectivity index (χ0) is 12.7. The highest BCUT2D eigenvalue weighted by atomic mass is 32.2. The van der Waals surface area contributed by atoms with Gasteiger partial charge in [0.15, 0.2) is 5.17 Å². The highest BCUT2D eigenvalue weighted by Crippen LogP contribution is 2.37. The molecule has 3 N–H and O–H groups in total. The minimum atomic E-state index is -1.11. The van der Waals surface area contributed by atoms with Gasteiger partial charge in [0.25, 0.3) is 0 Å². The Kier molecular flexibility index (Phi) is 3.65. The minimum Gasteiger partial charge on any atom is -0.391 e. The van der Waals surface area contributed by atoms with Crippen LogP contribution in [0.15, 0.2) is 4.99 Å². The Morgan fingerprint density at radius 2 is 2.00 bits per heavy atom. The van der Waals surface area contributed by atoms with Crippen LogP contribution in [0.25, 0.3) is 0 Å². The van der Waals surface area contributed by atoms with Crippen molar-refractivity contribution in [1.29, 1.82) is 0 Å². The number of hydrogen-bond donors (Lipinski definition) is 3. The summed E-state index contributed by atoms with van der Waals surface area (Å²) in [6.45, 7) is 1.54. The van der Waals surface area contributed by atoms with Gasteiger partial charge in [-0.3, -0.25) is 4.99 Å². The Morgan fingerprint density at radius 3 is 2.53 bits per heavy atom. The summed E-state index contributed by atoms with van der Waals surface area (Å²) < 4.78 is 5.60. The van der Waals surface area contributed by atoms with E-state index in [0.717, 1.165) is 5.17 Å². The summed E-state index contributed by atoms with van der Waals surface area (Å²) in [7, 11) is 3.72. The number of thioether (sulfide) groups is 1. The van der Waals surface area contributed by atoms with Gasteiger partial charge < -0.3 is 25.0 Å². The lowest BCUT2D eigenvalue weighted by molar-refractivity contribution is -0.181. The molecule has 0 radical (unpaired) electrons. The van der Waals surface area contributed by atoms with Crippen LogP contribution in [-0.4, -0.2) is 75.4 Å². The summed E-state index contributed by atoms with van der Waals surface area (Å²) in [5, 5.41) is 30.1. The molecule has 0 aromatic heterocycles.